The number of rotatable bonds is 3. The fraction of sp³-hybridized carbons (Fsp3) is 0.600. The van der Waals surface area contributed by atoms with E-state index >= 15 is 0 Å². The van der Waals surface area contributed by atoms with Crippen LogP contribution in [-0.4, -0.2) is 25.7 Å². The number of nitrogens with zero attached hydrogens (tertiary/aromatic N) is 1. The van der Waals surface area contributed by atoms with E-state index in [0.29, 0.717) is 0 Å². The highest BCUT2D eigenvalue weighted by Crippen LogP contribution is 2.27. The minimum atomic E-state index is 0.164. The lowest BCUT2D eigenvalue weighted by atomic mass is 10.0. The molecule has 0 bridgehead atoms. The Hall–Kier alpha value is -1.02. The van der Waals surface area contributed by atoms with Crippen LogP contribution >= 0.6 is 0 Å². The number of hydrogen-bond donors (Lipinski definition) is 1. The first kappa shape index (κ1) is 12.4. The van der Waals surface area contributed by atoms with Crippen molar-refractivity contribution in [2.45, 2.75) is 38.6 Å². The van der Waals surface area contributed by atoms with Gasteiger partial charge >= 0.3 is 0 Å². The quantitative estimate of drug-likeness (QED) is 0.862. The minimum absolute atomic E-state index is 0.164. The third-order valence-electron chi connectivity index (χ3n) is 3.72. The van der Waals surface area contributed by atoms with E-state index in [-0.39, 0.29) is 5.54 Å². The molecule has 1 N–H and O–H groups in total. The van der Waals surface area contributed by atoms with Crippen molar-refractivity contribution in [1.82, 2.24) is 5.32 Å². The van der Waals surface area contributed by atoms with Crippen molar-refractivity contribution in [3.63, 3.8) is 0 Å². The van der Waals surface area contributed by atoms with Crippen molar-refractivity contribution in [1.29, 1.82) is 0 Å². The highest BCUT2D eigenvalue weighted by atomic mass is 15.2. The summed E-state index contributed by atoms with van der Waals surface area (Å²) < 4.78 is 0. The third kappa shape index (κ3) is 3.01. The van der Waals surface area contributed by atoms with Crippen molar-refractivity contribution in [2.24, 2.45) is 0 Å². The summed E-state index contributed by atoms with van der Waals surface area (Å²) in [5.41, 5.74) is 3.11. The standard InChI is InChI=1S/C15H24N2/c1-15(2,16-3)12-17-11-7-6-9-13-8-4-5-10-14(13)17/h4-5,8,10,16H,6-7,9,11-12H2,1-3H3. The third-order valence-corrected chi connectivity index (χ3v) is 3.72. The van der Waals surface area contributed by atoms with Crippen LogP contribution in [0, 0.1) is 0 Å². The average Bonchev–Trinajstić information content (AvgIpc) is 2.52. The molecule has 0 aliphatic carbocycles. The van der Waals surface area contributed by atoms with Crippen LogP contribution in [0.25, 0.3) is 0 Å². The zero-order valence-electron chi connectivity index (χ0n) is 11.3. The fourth-order valence-electron chi connectivity index (χ4n) is 2.49. The summed E-state index contributed by atoms with van der Waals surface area (Å²) in [6, 6.07) is 8.86. The molecule has 0 spiro atoms. The van der Waals surface area contributed by atoms with Gasteiger partial charge in [-0.25, -0.2) is 0 Å². The Labute approximate surface area is 105 Å². The second-order valence-electron chi connectivity index (χ2n) is 5.64. The van der Waals surface area contributed by atoms with Crippen molar-refractivity contribution in [3.05, 3.63) is 29.8 Å². The second-order valence-corrected chi connectivity index (χ2v) is 5.64. The van der Waals surface area contributed by atoms with E-state index in [9.17, 15) is 0 Å². The molecule has 0 unspecified atom stereocenters. The summed E-state index contributed by atoms with van der Waals surface area (Å²) in [5, 5.41) is 3.40. The summed E-state index contributed by atoms with van der Waals surface area (Å²) in [4.78, 5) is 2.54. The number of para-hydroxylation sites is 1. The molecule has 1 aliphatic rings. The van der Waals surface area contributed by atoms with Gasteiger partial charge in [0.05, 0.1) is 0 Å². The molecule has 2 nitrogen and oxygen atoms in total. The summed E-state index contributed by atoms with van der Waals surface area (Å²) in [7, 11) is 2.05. The monoisotopic (exact) mass is 232 g/mol. The van der Waals surface area contributed by atoms with Gasteiger partial charge in [-0.15, -0.1) is 0 Å². The van der Waals surface area contributed by atoms with Gasteiger partial charge in [0.1, 0.15) is 0 Å². The molecule has 0 saturated carbocycles. The summed E-state index contributed by atoms with van der Waals surface area (Å²) in [5.74, 6) is 0. The highest BCUT2D eigenvalue weighted by Gasteiger charge is 2.22. The largest absolute Gasteiger partial charge is 0.369 e. The molecule has 0 fully saturated rings. The second kappa shape index (κ2) is 5.09. The topological polar surface area (TPSA) is 15.3 Å². The van der Waals surface area contributed by atoms with E-state index in [0.717, 1.165) is 6.54 Å². The maximum Gasteiger partial charge on any atom is 0.0399 e. The Morgan fingerprint density at radius 3 is 2.76 bits per heavy atom. The van der Waals surface area contributed by atoms with E-state index in [4.69, 9.17) is 0 Å². The molecule has 0 atom stereocenters. The smallest absolute Gasteiger partial charge is 0.0399 e. The zero-order valence-corrected chi connectivity index (χ0v) is 11.3. The molecule has 0 aromatic heterocycles. The van der Waals surface area contributed by atoms with E-state index < -0.39 is 0 Å². The Morgan fingerprint density at radius 2 is 2.00 bits per heavy atom. The summed E-state index contributed by atoms with van der Waals surface area (Å²) >= 11 is 0. The molecule has 1 aromatic carbocycles. The highest BCUT2D eigenvalue weighted by molar-refractivity contribution is 5.54. The van der Waals surface area contributed by atoms with Crippen molar-refractivity contribution >= 4 is 5.69 Å². The van der Waals surface area contributed by atoms with Gasteiger partial charge in [0.25, 0.3) is 0 Å². The molecule has 2 rings (SSSR count). The van der Waals surface area contributed by atoms with Crippen LogP contribution in [0.15, 0.2) is 24.3 Å². The molecule has 0 radical (unpaired) electrons. The Morgan fingerprint density at radius 1 is 1.24 bits per heavy atom. The number of hydrogen-bond acceptors (Lipinski definition) is 2. The first-order chi connectivity index (χ1) is 8.12. The summed E-state index contributed by atoms with van der Waals surface area (Å²) in [6.45, 7) is 6.78. The lowest BCUT2D eigenvalue weighted by molar-refractivity contribution is 0.419. The molecular weight excluding hydrogens is 208 g/mol. The van der Waals surface area contributed by atoms with Crippen LogP contribution in [-0.2, 0) is 6.42 Å². The van der Waals surface area contributed by atoms with Gasteiger partial charge in [0.2, 0.25) is 0 Å². The molecule has 94 valence electrons. The Bertz CT molecular complexity index is 371. The first-order valence-electron chi connectivity index (χ1n) is 6.64. The van der Waals surface area contributed by atoms with Crippen LogP contribution in [0.5, 0.6) is 0 Å². The van der Waals surface area contributed by atoms with Crippen LogP contribution in [0.2, 0.25) is 0 Å². The Kier molecular flexibility index (Phi) is 3.72. The predicted molar refractivity (Wildman–Crippen MR) is 74.7 cm³/mol. The van der Waals surface area contributed by atoms with E-state index in [1.807, 2.05) is 7.05 Å². The van der Waals surface area contributed by atoms with Crippen LogP contribution < -0.4 is 10.2 Å². The fourth-order valence-corrected chi connectivity index (χ4v) is 2.49. The van der Waals surface area contributed by atoms with Gasteiger partial charge in [0.15, 0.2) is 0 Å². The maximum atomic E-state index is 3.40. The van der Waals surface area contributed by atoms with Crippen molar-refractivity contribution < 1.29 is 0 Å². The molecule has 0 amide bonds. The number of benzene rings is 1. The van der Waals surface area contributed by atoms with E-state index in [1.54, 1.807) is 0 Å². The number of anilines is 1. The van der Waals surface area contributed by atoms with Gasteiger partial charge in [-0.2, -0.15) is 0 Å². The normalized spacial score (nSPS) is 16.5. The lowest BCUT2D eigenvalue weighted by Crippen LogP contribution is -2.47. The molecule has 1 aliphatic heterocycles. The Balaban J connectivity index is 2.23. The van der Waals surface area contributed by atoms with Gasteiger partial charge in [-0.1, -0.05) is 18.2 Å². The zero-order chi connectivity index (χ0) is 12.3. The number of likely N-dealkylation sites (N-methyl/N-ethyl adjacent to an activating group) is 1. The molecule has 2 heteroatoms. The van der Waals surface area contributed by atoms with E-state index in [1.165, 1.54) is 37.1 Å². The van der Waals surface area contributed by atoms with Crippen LogP contribution in [0.1, 0.15) is 32.3 Å². The molecule has 17 heavy (non-hydrogen) atoms. The number of fused-ring (bicyclic) bond motifs is 1. The lowest BCUT2D eigenvalue weighted by Gasteiger charge is -2.34. The van der Waals surface area contributed by atoms with Crippen molar-refractivity contribution in [3.8, 4) is 0 Å². The molecule has 1 heterocycles. The maximum absolute atomic E-state index is 3.40. The molecular formula is C15H24N2. The predicted octanol–water partition coefficient (Wildman–Crippen LogP) is 2.83. The minimum Gasteiger partial charge on any atom is -0.369 e. The average molecular weight is 232 g/mol. The van der Waals surface area contributed by atoms with Gasteiger partial charge in [-0.3, -0.25) is 0 Å². The van der Waals surface area contributed by atoms with E-state index in [2.05, 4.69) is 48.3 Å². The summed E-state index contributed by atoms with van der Waals surface area (Å²) in [6.07, 6.45) is 3.84. The first-order valence-corrected chi connectivity index (χ1v) is 6.64. The van der Waals surface area contributed by atoms with Gasteiger partial charge < -0.3 is 10.2 Å². The molecule has 1 aromatic rings. The van der Waals surface area contributed by atoms with Crippen LogP contribution in [0.3, 0.4) is 0 Å². The van der Waals surface area contributed by atoms with Crippen molar-refractivity contribution in [2.75, 3.05) is 25.0 Å². The molecule has 0 saturated heterocycles. The number of nitrogens with one attached hydrogen (secondary N) is 1. The SMILES string of the molecule is CNC(C)(C)CN1CCCCc2ccccc21. The van der Waals surface area contributed by atoms with Gasteiger partial charge in [0, 0.05) is 24.3 Å². The van der Waals surface area contributed by atoms with Gasteiger partial charge in [-0.05, 0) is 51.8 Å². The van der Waals surface area contributed by atoms with Crippen LogP contribution in [0.4, 0.5) is 5.69 Å². The number of aryl methyl sites for hydroxylation is 1.